The Bertz CT molecular complexity index is 713. The minimum absolute atomic E-state index is 0.102. The van der Waals surface area contributed by atoms with Crippen molar-refractivity contribution in [3.8, 4) is 0 Å². The molecule has 1 saturated heterocycles. The van der Waals surface area contributed by atoms with Gasteiger partial charge in [0, 0.05) is 5.39 Å². The van der Waals surface area contributed by atoms with E-state index in [1.165, 1.54) is 0 Å². The van der Waals surface area contributed by atoms with E-state index in [2.05, 4.69) is 10.3 Å². The monoisotopic (exact) mass is 270 g/mol. The van der Waals surface area contributed by atoms with Crippen molar-refractivity contribution < 1.29 is 9.59 Å². The highest BCUT2D eigenvalue weighted by atomic mass is 16.2. The molecule has 3 rings (SSSR count). The SMILES string of the molecule is CC1C(=O)NC(=O)CN1c1c(N)cnc2ccccc12. The number of anilines is 2. The molecule has 1 aliphatic heterocycles. The molecule has 1 aromatic carbocycles. The number of fused-ring (bicyclic) bond motifs is 1. The summed E-state index contributed by atoms with van der Waals surface area (Å²) in [7, 11) is 0. The van der Waals surface area contributed by atoms with Crippen molar-refractivity contribution in [2.75, 3.05) is 17.2 Å². The summed E-state index contributed by atoms with van der Waals surface area (Å²) in [6.45, 7) is 1.85. The second kappa shape index (κ2) is 4.48. The topological polar surface area (TPSA) is 88.3 Å². The molecular formula is C14H14N4O2. The maximum Gasteiger partial charge on any atom is 0.249 e. The van der Waals surface area contributed by atoms with Crippen molar-refractivity contribution in [3.63, 3.8) is 0 Å². The van der Waals surface area contributed by atoms with Gasteiger partial charge < -0.3 is 10.6 Å². The van der Waals surface area contributed by atoms with E-state index >= 15 is 0 Å². The fourth-order valence-corrected chi connectivity index (χ4v) is 2.45. The van der Waals surface area contributed by atoms with E-state index in [-0.39, 0.29) is 18.4 Å². The Labute approximate surface area is 115 Å². The molecule has 1 aromatic heterocycles. The zero-order valence-corrected chi connectivity index (χ0v) is 11.0. The highest BCUT2D eigenvalue weighted by Crippen LogP contribution is 2.33. The first-order valence-electron chi connectivity index (χ1n) is 6.31. The molecule has 0 aliphatic carbocycles. The second-order valence-electron chi connectivity index (χ2n) is 4.80. The van der Waals surface area contributed by atoms with Gasteiger partial charge in [0.05, 0.1) is 29.6 Å². The highest BCUT2D eigenvalue weighted by molar-refractivity contribution is 6.08. The number of piperazine rings is 1. The van der Waals surface area contributed by atoms with Gasteiger partial charge in [0.1, 0.15) is 6.04 Å². The number of imide groups is 1. The third-order valence-electron chi connectivity index (χ3n) is 3.49. The maximum atomic E-state index is 11.8. The van der Waals surface area contributed by atoms with Crippen molar-refractivity contribution >= 4 is 34.1 Å². The van der Waals surface area contributed by atoms with Crippen LogP contribution < -0.4 is 16.0 Å². The number of carbonyl (C=O) groups is 2. The molecule has 0 bridgehead atoms. The summed E-state index contributed by atoms with van der Waals surface area (Å²) in [5.74, 6) is -0.644. The normalized spacial score (nSPS) is 19.2. The van der Waals surface area contributed by atoms with Gasteiger partial charge in [-0.2, -0.15) is 0 Å². The quantitative estimate of drug-likeness (QED) is 0.743. The van der Waals surface area contributed by atoms with E-state index in [1.807, 2.05) is 24.3 Å². The van der Waals surface area contributed by atoms with Gasteiger partial charge >= 0.3 is 0 Å². The van der Waals surface area contributed by atoms with Crippen LogP contribution in [0, 0.1) is 0 Å². The third kappa shape index (κ3) is 1.85. The van der Waals surface area contributed by atoms with Gasteiger partial charge in [-0.25, -0.2) is 0 Å². The summed E-state index contributed by atoms with van der Waals surface area (Å²) in [4.78, 5) is 29.4. The maximum absolute atomic E-state index is 11.8. The van der Waals surface area contributed by atoms with Gasteiger partial charge in [0.2, 0.25) is 11.8 Å². The van der Waals surface area contributed by atoms with Crippen LogP contribution in [0.25, 0.3) is 10.9 Å². The fourth-order valence-electron chi connectivity index (χ4n) is 2.45. The smallest absolute Gasteiger partial charge is 0.249 e. The molecule has 6 heteroatoms. The summed E-state index contributed by atoms with van der Waals surface area (Å²) in [6.07, 6.45) is 1.56. The van der Waals surface area contributed by atoms with Crippen LogP contribution in [-0.4, -0.2) is 29.4 Å². The second-order valence-corrected chi connectivity index (χ2v) is 4.80. The molecule has 1 aliphatic rings. The zero-order valence-electron chi connectivity index (χ0n) is 11.0. The van der Waals surface area contributed by atoms with Crippen LogP contribution in [0.1, 0.15) is 6.92 Å². The molecule has 0 spiro atoms. The number of nitrogens with one attached hydrogen (secondary N) is 1. The van der Waals surface area contributed by atoms with Crippen LogP contribution in [0.3, 0.4) is 0 Å². The molecule has 6 nitrogen and oxygen atoms in total. The van der Waals surface area contributed by atoms with E-state index in [1.54, 1.807) is 18.0 Å². The van der Waals surface area contributed by atoms with E-state index in [9.17, 15) is 9.59 Å². The summed E-state index contributed by atoms with van der Waals surface area (Å²) in [6, 6.07) is 7.06. The summed E-state index contributed by atoms with van der Waals surface area (Å²) in [5, 5.41) is 3.16. The molecule has 0 radical (unpaired) electrons. The molecule has 3 N–H and O–H groups in total. The summed E-state index contributed by atoms with van der Waals surface area (Å²) < 4.78 is 0. The number of carbonyl (C=O) groups excluding carboxylic acids is 2. The predicted molar refractivity (Wildman–Crippen MR) is 76.1 cm³/mol. The highest BCUT2D eigenvalue weighted by Gasteiger charge is 2.32. The van der Waals surface area contributed by atoms with Crippen LogP contribution in [0.15, 0.2) is 30.5 Å². The zero-order chi connectivity index (χ0) is 14.3. The minimum atomic E-state index is -0.458. The molecule has 2 amide bonds. The molecule has 2 heterocycles. The van der Waals surface area contributed by atoms with Gasteiger partial charge in [0.25, 0.3) is 0 Å². The van der Waals surface area contributed by atoms with Crippen molar-refractivity contribution in [2.24, 2.45) is 0 Å². The molecule has 0 saturated carbocycles. The van der Waals surface area contributed by atoms with E-state index in [0.29, 0.717) is 11.4 Å². The Hall–Kier alpha value is -2.63. The van der Waals surface area contributed by atoms with Gasteiger partial charge in [-0.1, -0.05) is 18.2 Å². The average Bonchev–Trinajstić information content (AvgIpc) is 2.43. The van der Waals surface area contributed by atoms with Gasteiger partial charge in [0.15, 0.2) is 0 Å². The first-order valence-corrected chi connectivity index (χ1v) is 6.31. The largest absolute Gasteiger partial charge is 0.396 e. The first kappa shape index (κ1) is 12.4. The van der Waals surface area contributed by atoms with Crippen LogP contribution in [0.4, 0.5) is 11.4 Å². The van der Waals surface area contributed by atoms with Crippen molar-refractivity contribution in [3.05, 3.63) is 30.5 Å². The number of benzene rings is 1. The Morgan fingerprint density at radius 1 is 1.35 bits per heavy atom. The fraction of sp³-hybridized carbons (Fsp3) is 0.214. The average molecular weight is 270 g/mol. The summed E-state index contributed by atoms with van der Waals surface area (Å²) in [5.41, 5.74) is 7.95. The molecule has 20 heavy (non-hydrogen) atoms. The molecule has 1 fully saturated rings. The van der Waals surface area contributed by atoms with Gasteiger partial charge in [-0.05, 0) is 13.0 Å². The number of rotatable bonds is 1. The number of hydrogen-bond acceptors (Lipinski definition) is 5. The van der Waals surface area contributed by atoms with Crippen LogP contribution >= 0.6 is 0 Å². The van der Waals surface area contributed by atoms with Gasteiger partial charge in [-0.3, -0.25) is 19.9 Å². The Morgan fingerprint density at radius 2 is 2.10 bits per heavy atom. The lowest BCUT2D eigenvalue weighted by atomic mass is 10.1. The van der Waals surface area contributed by atoms with Crippen LogP contribution in [0.2, 0.25) is 0 Å². The molecule has 1 atom stereocenters. The molecule has 102 valence electrons. The Balaban J connectivity index is 2.20. The number of nitrogen functional groups attached to an aromatic ring is 1. The van der Waals surface area contributed by atoms with Crippen molar-refractivity contribution in [2.45, 2.75) is 13.0 Å². The number of para-hydroxylation sites is 1. The summed E-state index contributed by atoms with van der Waals surface area (Å²) >= 11 is 0. The number of hydrogen-bond donors (Lipinski definition) is 2. The number of nitrogens with zero attached hydrogens (tertiary/aromatic N) is 2. The van der Waals surface area contributed by atoms with E-state index in [4.69, 9.17) is 5.73 Å². The molecule has 2 aromatic rings. The lowest BCUT2D eigenvalue weighted by Gasteiger charge is -2.34. The Kier molecular flexibility index (Phi) is 2.78. The van der Waals surface area contributed by atoms with Crippen molar-refractivity contribution in [1.82, 2.24) is 10.3 Å². The van der Waals surface area contributed by atoms with E-state index < -0.39 is 6.04 Å². The van der Waals surface area contributed by atoms with E-state index in [0.717, 1.165) is 10.9 Å². The van der Waals surface area contributed by atoms with Crippen molar-refractivity contribution in [1.29, 1.82) is 0 Å². The molecule has 1 unspecified atom stereocenters. The number of nitrogens with two attached hydrogens (primary N) is 1. The lowest BCUT2D eigenvalue weighted by molar-refractivity contribution is -0.132. The van der Waals surface area contributed by atoms with Crippen LogP contribution in [0.5, 0.6) is 0 Å². The third-order valence-corrected chi connectivity index (χ3v) is 3.49. The predicted octanol–water partition coefficient (Wildman–Crippen LogP) is 0.668. The van der Waals surface area contributed by atoms with Crippen LogP contribution in [-0.2, 0) is 9.59 Å². The van der Waals surface area contributed by atoms with Gasteiger partial charge in [-0.15, -0.1) is 0 Å². The standard InChI is InChI=1S/C14H14N4O2/c1-8-14(20)17-12(19)7-18(8)13-9-4-2-3-5-11(9)16-6-10(13)15/h2-6,8H,7,15H2,1H3,(H,17,19,20). The molecular weight excluding hydrogens is 256 g/mol. The Morgan fingerprint density at radius 3 is 2.90 bits per heavy atom. The lowest BCUT2D eigenvalue weighted by Crippen LogP contribution is -2.57. The first-order chi connectivity index (χ1) is 9.58. The number of aromatic nitrogens is 1. The number of amides is 2. The number of pyridine rings is 1. The minimum Gasteiger partial charge on any atom is -0.396 e.